The topological polar surface area (TPSA) is 46.5 Å². The minimum atomic E-state index is -1.28. The summed E-state index contributed by atoms with van der Waals surface area (Å²) in [6.07, 6.45) is 0. The van der Waals surface area contributed by atoms with Crippen LogP contribution in [0.25, 0.3) is 11.1 Å². The van der Waals surface area contributed by atoms with E-state index in [1.165, 1.54) is 6.07 Å². The standard InChI is InChI=1S/C14H11FO3/c1-18-11-5-2-9(3-6-11)10-4-7-13(15)12(8-10)14(16)17/h2-8H,1H3,(H,16,17). The summed E-state index contributed by atoms with van der Waals surface area (Å²) in [6, 6.07) is 11.1. The van der Waals surface area contributed by atoms with Gasteiger partial charge >= 0.3 is 5.97 Å². The van der Waals surface area contributed by atoms with Crippen molar-refractivity contribution in [2.45, 2.75) is 0 Å². The molecule has 0 spiro atoms. The van der Waals surface area contributed by atoms with Crippen LogP contribution in [0.1, 0.15) is 10.4 Å². The fourth-order valence-electron chi connectivity index (χ4n) is 1.65. The van der Waals surface area contributed by atoms with Crippen molar-refractivity contribution >= 4 is 5.97 Å². The smallest absolute Gasteiger partial charge is 0.338 e. The van der Waals surface area contributed by atoms with Crippen LogP contribution in [0.2, 0.25) is 0 Å². The molecule has 2 rings (SSSR count). The van der Waals surface area contributed by atoms with Gasteiger partial charge in [-0.3, -0.25) is 0 Å². The van der Waals surface area contributed by atoms with Gasteiger partial charge in [0.05, 0.1) is 12.7 Å². The molecule has 0 amide bonds. The van der Waals surface area contributed by atoms with Crippen LogP contribution in [-0.2, 0) is 0 Å². The first-order valence-electron chi connectivity index (χ1n) is 5.29. The van der Waals surface area contributed by atoms with E-state index in [0.29, 0.717) is 11.3 Å². The van der Waals surface area contributed by atoms with Gasteiger partial charge in [0, 0.05) is 0 Å². The second kappa shape index (κ2) is 4.87. The van der Waals surface area contributed by atoms with Gasteiger partial charge in [0.1, 0.15) is 11.6 Å². The van der Waals surface area contributed by atoms with Crippen LogP contribution in [0.4, 0.5) is 4.39 Å². The Labute approximate surface area is 103 Å². The number of methoxy groups -OCH3 is 1. The number of ether oxygens (including phenoxy) is 1. The molecule has 0 saturated carbocycles. The first kappa shape index (κ1) is 12.1. The zero-order chi connectivity index (χ0) is 13.1. The maximum absolute atomic E-state index is 13.3. The predicted molar refractivity (Wildman–Crippen MR) is 65.3 cm³/mol. The quantitative estimate of drug-likeness (QED) is 0.904. The second-order valence-corrected chi connectivity index (χ2v) is 3.73. The molecule has 2 aromatic rings. The van der Waals surface area contributed by atoms with Gasteiger partial charge in [-0.15, -0.1) is 0 Å². The van der Waals surface area contributed by atoms with E-state index in [1.807, 2.05) is 0 Å². The van der Waals surface area contributed by atoms with Crippen molar-refractivity contribution in [1.82, 2.24) is 0 Å². The first-order valence-corrected chi connectivity index (χ1v) is 5.29. The Hall–Kier alpha value is -2.36. The molecule has 0 heterocycles. The third kappa shape index (κ3) is 2.32. The van der Waals surface area contributed by atoms with Crippen molar-refractivity contribution < 1.29 is 19.0 Å². The third-order valence-corrected chi connectivity index (χ3v) is 2.62. The van der Waals surface area contributed by atoms with Crippen LogP contribution in [0, 0.1) is 5.82 Å². The highest BCUT2D eigenvalue weighted by Crippen LogP contribution is 2.24. The fraction of sp³-hybridized carbons (Fsp3) is 0.0714. The second-order valence-electron chi connectivity index (χ2n) is 3.73. The minimum absolute atomic E-state index is 0.330. The summed E-state index contributed by atoms with van der Waals surface area (Å²) in [5, 5.41) is 8.86. The van der Waals surface area contributed by atoms with Crippen molar-refractivity contribution in [3.8, 4) is 16.9 Å². The molecule has 0 aromatic heterocycles. The molecule has 0 unspecified atom stereocenters. The Morgan fingerprint density at radius 3 is 2.28 bits per heavy atom. The number of benzene rings is 2. The Morgan fingerprint density at radius 2 is 1.72 bits per heavy atom. The predicted octanol–water partition coefficient (Wildman–Crippen LogP) is 3.20. The van der Waals surface area contributed by atoms with E-state index in [0.717, 1.165) is 11.6 Å². The van der Waals surface area contributed by atoms with Crippen LogP contribution >= 0.6 is 0 Å². The molecule has 0 saturated heterocycles. The summed E-state index contributed by atoms with van der Waals surface area (Å²) in [7, 11) is 1.56. The van der Waals surface area contributed by atoms with Gasteiger partial charge in [0.2, 0.25) is 0 Å². The third-order valence-electron chi connectivity index (χ3n) is 2.62. The molecule has 2 aromatic carbocycles. The molecule has 4 heteroatoms. The fourth-order valence-corrected chi connectivity index (χ4v) is 1.65. The van der Waals surface area contributed by atoms with Crippen LogP contribution < -0.4 is 4.74 Å². The van der Waals surface area contributed by atoms with E-state index < -0.39 is 11.8 Å². The van der Waals surface area contributed by atoms with Crippen molar-refractivity contribution in [2.24, 2.45) is 0 Å². The van der Waals surface area contributed by atoms with Crippen LogP contribution in [0.15, 0.2) is 42.5 Å². The first-order chi connectivity index (χ1) is 8.61. The Morgan fingerprint density at radius 1 is 1.11 bits per heavy atom. The minimum Gasteiger partial charge on any atom is -0.497 e. The zero-order valence-corrected chi connectivity index (χ0v) is 9.68. The van der Waals surface area contributed by atoms with Gasteiger partial charge in [-0.1, -0.05) is 18.2 Å². The van der Waals surface area contributed by atoms with E-state index >= 15 is 0 Å². The molecule has 18 heavy (non-hydrogen) atoms. The molecular weight excluding hydrogens is 235 g/mol. The van der Waals surface area contributed by atoms with E-state index in [9.17, 15) is 9.18 Å². The number of halogens is 1. The Bertz CT molecular complexity index is 576. The molecule has 0 radical (unpaired) electrons. The van der Waals surface area contributed by atoms with Gasteiger partial charge in [-0.05, 0) is 35.4 Å². The van der Waals surface area contributed by atoms with Gasteiger partial charge in [0.15, 0.2) is 0 Å². The number of carbonyl (C=O) groups is 1. The molecule has 0 bridgehead atoms. The summed E-state index contributed by atoms with van der Waals surface area (Å²) in [6.45, 7) is 0. The summed E-state index contributed by atoms with van der Waals surface area (Å²) in [5.41, 5.74) is 1.12. The van der Waals surface area contributed by atoms with Crippen LogP contribution in [0.3, 0.4) is 0 Å². The van der Waals surface area contributed by atoms with E-state index in [2.05, 4.69) is 0 Å². The van der Waals surface area contributed by atoms with Gasteiger partial charge in [-0.2, -0.15) is 0 Å². The molecule has 1 N–H and O–H groups in total. The maximum Gasteiger partial charge on any atom is 0.338 e. The monoisotopic (exact) mass is 246 g/mol. The average molecular weight is 246 g/mol. The highest BCUT2D eigenvalue weighted by Gasteiger charge is 2.11. The lowest BCUT2D eigenvalue weighted by Gasteiger charge is -2.05. The lowest BCUT2D eigenvalue weighted by Crippen LogP contribution is -2.00. The maximum atomic E-state index is 13.3. The number of rotatable bonds is 3. The van der Waals surface area contributed by atoms with Crippen molar-refractivity contribution in [3.63, 3.8) is 0 Å². The highest BCUT2D eigenvalue weighted by atomic mass is 19.1. The number of aromatic carboxylic acids is 1. The number of carboxylic acids is 1. The highest BCUT2D eigenvalue weighted by molar-refractivity contribution is 5.89. The zero-order valence-electron chi connectivity index (χ0n) is 9.68. The summed E-state index contributed by atoms with van der Waals surface area (Å²) >= 11 is 0. The van der Waals surface area contributed by atoms with Gasteiger partial charge in [0.25, 0.3) is 0 Å². The summed E-state index contributed by atoms with van der Waals surface area (Å²) in [4.78, 5) is 10.8. The Kier molecular flexibility index (Phi) is 3.28. The molecular formula is C14H11FO3. The SMILES string of the molecule is COc1ccc(-c2ccc(F)c(C(=O)O)c2)cc1. The summed E-state index contributed by atoms with van der Waals surface area (Å²) in [5.74, 6) is -1.30. The summed E-state index contributed by atoms with van der Waals surface area (Å²) < 4.78 is 18.3. The molecule has 0 aliphatic heterocycles. The van der Waals surface area contributed by atoms with Gasteiger partial charge < -0.3 is 9.84 Å². The average Bonchev–Trinajstić information content (AvgIpc) is 2.39. The molecule has 0 aliphatic carbocycles. The Balaban J connectivity index is 2.44. The molecule has 0 fully saturated rings. The lowest BCUT2D eigenvalue weighted by molar-refractivity contribution is 0.0692. The van der Waals surface area contributed by atoms with Gasteiger partial charge in [-0.25, -0.2) is 9.18 Å². The lowest BCUT2D eigenvalue weighted by atomic mass is 10.0. The van der Waals surface area contributed by atoms with Crippen molar-refractivity contribution in [2.75, 3.05) is 7.11 Å². The van der Waals surface area contributed by atoms with Crippen molar-refractivity contribution in [1.29, 1.82) is 0 Å². The normalized spacial score (nSPS) is 10.1. The molecule has 0 atom stereocenters. The molecule has 3 nitrogen and oxygen atoms in total. The van der Waals surface area contributed by atoms with E-state index in [-0.39, 0.29) is 5.56 Å². The van der Waals surface area contributed by atoms with Crippen molar-refractivity contribution in [3.05, 3.63) is 53.8 Å². The largest absolute Gasteiger partial charge is 0.497 e. The number of hydrogen-bond acceptors (Lipinski definition) is 2. The van der Waals surface area contributed by atoms with E-state index in [1.54, 1.807) is 37.4 Å². The van der Waals surface area contributed by atoms with Crippen LogP contribution in [0.5, 0.6) is 5.75 Å². The number of carboxylic acid groups (broad SMARTS) is 1. The molecule has 0 aliphatic rings. The molecule has 92 valence electrons. The van der Waals surface area contributed by atoms with E-state index in [4.69, 9.17) is 9.84 Å². The number of hydrogen-bond donors (Lipinski definition) is 1. The van der Waals surface area contributed by atoms with Crippen LogP contribution in [-0.4, -0.2) is 18.2 Å².